The molecular weight excluding hydrogens is 828 g/mol. The van der Waals surface area contributed by atoms with Gasteiger partial charge in [0.15, 0.2) is 6.10 Å². The fourth-order valence-corrected chi connectivity index (χ4v) is 8.18. The highest BCUT2D eigenvalue weighted by Crippen LogP contribution is 2.47. The van der Waals surface area contributed by atoms with E-state index < -0.39 is 75.7 Å². The second kappa shape index (κ2) is 39.0. The number of phosphoric acid groups is 1. The van der Waals surface area contributed by atoms with Gasteiger partial charge in [0.2, 0.25) is 0 Å². The number of esters is 2. The maximum Gasteiger partial charge on any atom is 0.472 e. The lowest BCUT2D eigenvalue weighted by Gasteiger charge is -2.41. The summed E-state index contributed by atoms with van der Waals surface area (Å²) in [5.74, 6) is -1.13. The number of carbonyl (C=O) groups is 2. The third-order valence-corrected chi connectivity index (χ3v) is 12.2. The summed E-state index contributed by atoms with van der Waals surface area (Å²) in [4.78, 5) is 35.7. The van der Waals surface area contributed by atoms with Crippen LogP contribution in [0.2, 0.25) is 0 Å². The van der Waals surface area contributed by atoms with E-state index in [1.165, 1.54) is 89.9 Å². The van der Waals surface area contributed by atoms with Gasteiger partial charge < -0.3 is 39.9 Å². The van der Waals surface area contributed by atoms with E-state index in [0.717, 1.165) is 64.2 Å². The molecule has 1 aliphatic rings. The number of unbranched alkanes of at least 4 members (excludes halogenated alkanes) is 20. The molecule has 366 valence electrons. The molecule has 0 saturated heterocycles. The van der Waals surface area contributed by atoms with Crippen molar-refractivity contribution < 1.29 is 63.1 Å². The third-order valence-electron chi connectivity index (χ3n) is 11.2. The van der Waals surface area contributed by atoms with Gasteiger partial charge in [0, 0.05) is 12.8 Å². The number of hydrogen-bond acceptors (Lipinski definition) is 12. The Bertz CT molecular complexity index is 1290. The number of phosphoric ester groups is 1. The molecule has 8 atom stereocenters. The predicted molar refractivity (Wildman–Crippen MR) is 249 cm³/mol. The van der Waals surface area contributed by atoms with Gasteiger partial charge >= 0.3 is 19.8 Å². The van der Waals surface area contributed by atoms with E-state index in [0.29, 0.717) is 12.8 Å². The van der Waals surface area contributed by atoms with Crippen LogP contribution < -0.4 is 0 Å². The summed E-state index contributed by atoms with van der Waals surface area (Å²) in [5, 5.41) is 50.2. The van der Waals surface area contributed by atoms with Crippen LogP contribution in [-0.4, -0.2) is 98.3 Å². The Morgan fingerprint density at radius 1 is 0.492 bits per heavy atom. The van der Waals surface area contributed by atoms with Gasteiger partial charge in [-0.3, -0.25) is 18.6 Å². The van der Waals surface area contributed by atoms with Crippen LogP contribution in [0.4, 0.5) is 0 Å². The van der Waals surface area contributed by atoms with E-state index in [4.69, 9.17) is 18.5 Å². The Balaban J connectivity index is 2.46. The summed E-state index contributed by atoms with van der Waals surface area (Å²) < 4.78 is 33.5. The number of aliphatic hydroxyl groups is 5. The molecule has 0 aromatic rings. The van der Waals surface area contributed by atoms with Gasteiger partial charge in [0.25, 0.3) is 0 Å². The van der Waals surface area contributed by atoms with E-state index in [9.17, 15) is 44.6 Å². The largest absolute Gasteiger partial charge is 0.472 e. The molecule has 63 heavy (non-hydrogen) atoms. The molecule has 0 spiro atoms. The van der Waals surface area contributed by atoms with Crippen LogP contribution in [0.3, 0.4) is 0 Å². The standard InChI is InChI=1S/C49H87O13P/c1-3-5-7-9-11-13-15-17-19-20-21-22-24-26-28-30-32-34-36-38-43(51)61-41(40-60-63(57,58)62-49-47(55)45(53)44(52)46(54)48(49)56)39-59-42(50)37-35-33-31-29-27-25-23-18-16-14-12-10-8-6-4-2/h11,13,17,19,21-22,26,28,41,44-49,52-56H,3-10,12,14-16,18,20,23-25,27,29-40H2,1-2H3,(H,57,58)/b13-11-,19-17-,22-21-,28-26-/t41-,44?,45-,46?,47?,48?,49?/m1/s1. The molecule has 0 aromatic carbocycles. The molecule has 13 nitrogen and oxygen atoms in total. The minimum Gasteiger partial charge on any atom is -0.462 e. The molecule has 6 unspecified atom stereocenters. The van der Waals surface area contributed by atoms with E-state index in [1.54, 1.807) is 0 Å². The Hall–Kier alpha value is -2.19. The van der Waals surface area contributed by atoms with Crippen molar-refractivity contribution in [1.29, 1.82) is 0 Å². The molecule has 6 N–H and O–H groups in total. The van der Waals surface area contributed by atoms with Gasteiger partial charge in [0.05, 0.1) is 6.61 Å². The molecule has 1 rings (SSSR count). The molecule has 1 aliphatic carbocycles. The van der Waals surface area contributed by atoms with Crippen LogP contribution in [0.1, 0.15) is 194 Å². The molecule has 1 saturated carbocycles. The second-order valence-corrected chi connectivity index (χ2v) is 18.4. The zero-order chi connectivity index (χ0) is 46.4. The Morgan fingerprint density at radius 3 is 1.33 bits per heavy atom. The van der Waals surface area contributed by atoms with E-state index in [2.05, 4.69) is 62.5 Å². The lowest BCUT2D eigenvalue weighted by atomic mass is 9.85. The maximum absolute atomic E-state index is 12.8. The van der Waals surface area contributed by atoms with Crippen molar-refractivity contribution in [3.05, 3.63) is 48.6 Å². The van der Waals surface area contributed by atoms with Crippen molar-refractivity contribution in [3.8, 4) is 0 Å². The highest BCUT2D eigenvalue weighted by Gasteiger charge is 2.51. The SMILES string of the molecule is CCCCC/C=C\C/C=C\C/C=C\C/C=C\CCCCCC(=O)O[C@H](COC(=O)CCCCCCCCCCCCCCCCC)COP(=O)(O)OC1C(O)C(O)C(O)[C@@H](O)C1O. The first-order chi connectivity index (χ1) is 30.4. The summed E-state index contributed by atoms with van der Waals surface area (Å²) in [6, 6.07) is 0. The van der Waals surface area contributed by atoms with Crippen LogP contribution in [0.15, 0.2) is 48.6 Å². The molecule has 0 aliphatic heterocycles. The number of aliphatic hydroxyl groups excluding tert-OH is 5. The number of allylic oxidation sites excluding steroid dienone is 8. The van der Waals surface area contributed by atoms with Crippen molar-refractivity contribution in [2.24, 2.45) is 0 Å². The van der Waals surface area contributed by atoms with E-state index in [1.807, 2.05) is 0 Å². The van der Waals surface area contributed by atoms with Crippen molar-refractivity contribution in [1.82, 2.24) is 0 Å². The van der Waals surface area contributed by atoms with Crippen molar-refractivity contribution in [2.45, 2.75) is 236 Å². The van der Waals surface area contributed by atoms with Crippen LogP contribution >= 0.6 is 7.82 Å². The molecule has 14 heteroatoms. The molecule has 0 heterocycles. The van der Waals surface area contributed by atoms with Crippen LogP contribution in [0.5, 0.6) is 0 Å². The summed E-state index contributed by atoms with van der Waals surface area (Å²) in [6.07, 6.45) is 33.0. The quantitative estimate of drug-likeness (QED) is 0.0147. The fourth-order valence-electron chi connectivity index (χ4n) is 7.21. The van der Waals surface area contributed by atoms with Crippen molar-refractivity contribution in [2.75, 3.05) is 13.2 Å². The summed E-state index contributed by atoms with van der Waals surface area (Å²) in [6.45, 7) is 3.26. The Labute approximate surface area is 380 Å². The van der Waals surface area contributed by atoms with Gasteiger partial charge in [-0.05, 0) is 57.8 Å². The number of ether oxygens (including phenoxy) is 2. The zero-order valence-electron chi connectivity index (χ0n) is 38.9. The summed E-state index contributed by atoms with van der Waals surface area (Å²) >= 11 is 0. The monoisotopic (exact) mass is 915 g/mol. The van der Waals surface area contributed by atoms with Gasteiger partial charge in [-0.1, -0.05) is 172 Å². The van der Waals surface area contributed by atoms with Gasteiger partial charge in [0.1, 0.15) is 43.2 Å². The maximum atomic E-state index is 12.8. The van der Waals surface area contributed by atoms with E-state index >= 15 is 0 Å². The van der Waals surface area contributed by atoms with Crippen molar-refractivity contribution in [3.63, 3.8) is 0 Å². The van der Waals surface area contributed by atoms with Crippen molar-refractivity contribution >= 4 is 19.8 Å². The minimum atomic E-state index is -5.13. The zero-order valence-corrected chi connectivity index (χ0v) is 39.8. The highest BCUT2D eigenvalue weighted by molar-refractivity contribution is 7.47. The van der Waals surface area contributed by atoms with Gasteiger partial charge in [-0.2, -0.15) is 0 Å². The lowest BCUT2D eigenvalue weighted by Crippen LogP contribution is -2.64. The molecule has 0 aromatic heterocycles. The fraction of sp³-hybridized carbons (Fsp3) is 0.796. The van der Waals surface area contributed by atoms with Crippen LogP contribution in [-0.2, 0) is 32.7 Å². The first kappa shape index (κ1) is 58.8. The average Bonchev–Trinajstić information content (AvgIpc) is 3.26. The predicted octanol–water partition coefficient (Wildman–Crippen LogP) is 9.95. The Kier molecular flexibility index (Phi) is 36.4. The highest BCUT2D eigenvalue weighted by atomic mass is 31.2. The lowest BCUT2D eigenvalue weighted by molar-refractivity contribution is -0.220. The molecule has 0 amide bonds. The van der Waals surface area contributed by atoms with Crippen LogP contribution in [0.25, 0.3) is 0 Å². The van der Waals surface area contributed by atoms with E-state index in [-0.39, 0.29) is 12.8 Å². The first-order valence-corrected chi connectivity index (χ1v) is 25.9. The number of hydrogen-bond donors (Lipinski definition) is 6. The number of carbonyl (C=O) groups excluding carboxylic acids is 2. The normalized spacial score (nSPS) is 22.1. The second-order valence-electron chi connectivity index (χ2n) is 17.0. The molecular formula is C49H87O13P. The Morgan fingerprint density at radius 2 is 0.857 bits per heavy atom. The average molecular weight is 915 g/mol. The number of rotatable bonds is 40. The first-order valence-electron chi connectivity index (χ1n) is 24.4. The smallest absolute Gasteiger partial charge is 0.462 e. The summed E-state index contributed by atoms with van der Waals surface area (Å²) in [7, 11) is -5.13. The molecule has 1 fully saturated rings. The van der Waals surface area contributed by atoms with Crippen LogP contribution in [0, 0.1) is 0 Å². The minimum absolute atomic E-state index is 0.0596. The topological polar surface area (TPSA) is 210 Å². The summed E-state index contributed by atoms with van der Waals surface area (Å²) in [5.41, 5.74) is 0. The van der Waals surface area contributed by atoms with Gasteiger partial charge in [-0.15, -0.1) is 0 Å². The van der Waals surface area contributed by atoms with Gasteiger partial charge in [-0.25, -0.2) is 4.57 Å². The molecule has 0 bridgehead atoms. The third kappa shape index (κ3) is 31.4. The molecule has 0 radical (unpaired) electrons.